The van der Waals surface area contributed by atoms with E-state index in [1.54, 1.807) is 36.2 Å². The zero-order valence-corrected chi connectivity index (χ0v) is 15.8. The molecule has 142 valence electrons. The van der Waals surface area contributed by atoms with E-state index in [1.807, 2.05) is 0 Å². The van der Waals surface area contributed by atoms with Gasteiger partial charge in [0.05, 0.1) is 0 Å². The molecule has 1 aromatic carbocycles. The van der Waals surface area contributed by atoms with Crippen LogP contribution in [0.3, 0.4) is 0 Å². The van der Waals surface area contributed by atoms with Crippen LogP contribution >= 0.6 is 0 Å². The molecule has 7 nitrogen and oxygen atoms in total. The van der Waals surface area contributed by atoms with E-state index in [-0.39, 0.29) is 22.9 Å². The molecule has 0 aromatic heterocycles. The molecule has 0 bridgehead atoms. The lowest BCUT2D eigenvalue weighted by molar-refractivity contribution is -0.122. The normalized spacial score (nSPS) is 23.8. The summed E-state index contributed by atoms with van der Waals surface area (Å²) in [5.41, 5.74) is 6.50. The predicted molar refractivity (Wildman–Crippen MR) is 100 cm³/mol. The fraction of sp³-hybridized carbons (Fsp3) is 0.556. The fourth-order valence-corrected chi connectivity index (χ4v) is 4.76. The van der Waals surface area contributed by atoms with Crippen LogP contribution in [0.15, 0.2) is 33.6 Å². The first-order valence-electron chi connectivity index (χ1n) is 9.07. The summed E-state index contributed by atoms with van der Waals surface area (Å²) in [6.45, 7) is 0.561. The molecule has 8 heteroatoms. The van der Waals surface area contributed by atoms with E-state index in [0.29, 0.717) is 30.8 Å². The lowest BCUT2D eigenvalue weighted by atomic mass is 9.92. The van der Waals surface area contributed by atoms with Crippen LogP contribution in [0.25, 0.3) is 0 Å². The van der Waals surface area contributed by atoms with Crippen molar-refractivity contribution in [3.63, 3.8) is 0 Å². The summed E-state index contributed by atoms with van der Waals surface area (Å²) in [6, 6.07) is 7.32. The predicted octanol–water partition coefficient (Wildman–Crippen LogP) is 1.23. The number of amidine groups is 1. The van der Waals surface area contributed by atoms with Crippen molar-refractivity contribution in [2.24, 2.45) is 10.1 Å². The van der Waals surface area contributed by atoms with Gasteiger partial charge in [-0.05, 0) is 44.2 Å². The van der Waals surface area contributed by atoms with Crippen molar-refractivity contribution in [3.05, 3.63) is 29.8 Å². The first kappa shape index (κ1) is 18.8. The van der Waals surface area contributed by atoms with Crippen molar-refractivity contribution in [2.75, 3.05) is 13.6 Å². The summed E-state index contributed by atoms with van der Waals surface area (Å²) >= 11 is 0. The Kier molecular flexibility index (Phi) is 5.62. The monoisotopic (exact) mass is 378 g/mol. The second-order valence-electron chi connectivity index (χ2n) is 7.09. The molecule has 1 amide bonds. The molecule has 1 heterocycles. The third kappa shape index (κ3) is 4.24. The Hall–Kier alpha value is -1.93. The minimum absolute atomic E-state index is 0.0419. The number of hydrogen-bond donors (Lipinski definition) is 2. The van der Waals surface area contributed by atoms with Gasteiger partial charge in [-0.2, -0.15) is 8.42 Å². The number of benzene rings is 1. The smallest absolute Gasteiger partial charge is 0.285 e. The molecule has 1 aliphatic heterocycles. The number of sulfonamides is 1. The highest BCUT2D eigenvalue weighted by Crippen LogP contribution is 2.27. The van der Waals surface area contributed by atoms with Crippen LogP contribution < -0.4 is 11.1 Å². The Morgan fingerprint density at radius 1 is 1.27 bits per heavy atom. The average Bonchev–Trinajstić information content (AvgIpc) is 2.89. The van der Waals surface area contributed by atoms with Crippen LogP contribution in [-0.2, 0) is 14.8 Å². The quantitative estimate of drug-likeness (QED) is 0.802. The molecule has 0 spiro atoms. The SMILES string of the molecule is CN(CCCC(=O)NC1CCC(N)CC1)C1=NS(=O)(=O)c2ccccc21. The van der Waals surface area contributed by atoms with Crippen molar-refractivity contribution in [1.29, 1.82) is 0 Å². The summed E-state index contributed by atoms with van der Waals surface area (Å²) in [7, 11) is -1.81. The molecule has 0 atom stereocenters. The van der Waals surface area contributed by atoms with E-state index < -0.39 is 10.0 Å². The van der Waals surface area contributed by atoms with Crippen molar-refractivity contribution < 1.29 is 13.2 Å². The van der Waals surface area contributed by atoms with Crippen molar-refractivity contribution >= 4 is 21.8 Å². The van der Waals surface area contributed by atoms with Gasteiger partial charge < -0.3 is 16.0 Å². The number of nitrogens with two attached hydrogens (primary N) is 1. The third-order valence-electron chi connectivity index (χ3n) is 5.01. The minimum atomic E-state index is -3.61. The second kappa shape index (κ2) is 7.75. The highest BCUT2D eigenvalue weighted by Gasteiger charge is 2.30. The maximum Gasteiger partial charge on any atom is 0.285 e. The maximum absolute atomic E-state index is 12.1. The Morgan fingerprint density at radius 2 is 1.96 bits per heavy atom. The fourth-order valence-electron chi connectivity index (χ4n) is 3.51. The summed E-state index contributed by atoms with van der Waals surface area (Å²) in [6.07, 6.45) is 4.85. The van der Waals surface area contributed by atoms with E-state index in [4.69, 9.17) is 5.73 Å². The molecule has 26 heavy (non-hydrogen) atoms. The average molecular weight is 378 g/mol. The molecule has 1 aromatic rings. The van der Waals surface area contributed by atoms with Gasteiger partial charge >= 0.3 is 0 Å². The Labute approximate surface area is 154 Å². The highest BCUT2D eigenvalue weighted by molar-refractivity contribution is 7.90. The minimum Gasteiger partial charge on any atom is -0.358 e. The van der Waals surface area contributed by atoms with Crippen LogP contribution in [-0.4, -0.2) is 50.7 Å². The van der Waals surface area contributed by atoms with Gasteiger partial charge in [-0.1, -0.05) is 12.1 Å². The van der Waals surface area contributed by atoms with Crippen molar-refractivity contribution in [2.45, 2.75) is 55.5 Å². The number of carbonyl (C=O) groups excluding carboxylic acids is 1. The number of nitrogens with one attached hydrogen (secondary N) is 1. The second-order valence-corrected chi connectivity index (χ2v) is 8.66. The Bertz CT molecular complexity index is 798. The van der Waals surface area contributed by atoms with Gasteiger partial charge in [0.2, 0.25) is 5.91 Å². The first-order valence-corrected chi connectivity index (χ1v) is 10.5. The Morgan fingerprint density at radius 3 is 2.69 bits per heavy atom. The van der Waals surface area contributed by atoms with Gasteiger partial charge in [0.1, 0.15) is 10.7 Å². The summed E-state index contributed by atoms with van der Waals surface area (Å²) in [5.74, 6) is 0.488. The summed E-state index contributed by atoms with van der Waals surface area (Å²) < 4.78 is 28.1. The third-order valence-corrected chi connectivity index (χ3v) is 6.33. The molecule has 2 aliphatic rings. The summed E-state index contributed by atoms with van der Waals surface area (Å²) in [4.78, 5) is 14.2. The van der Waals surface area contributed by atoms with Gasteiger partial charge in [-0.15, -0.1) is 4.40 Å². The molecular formula is C18H26N4O3S. The highest BCUT2D eigenvalue weighted by atomic mass is 32.2. The Balaban J connectivity index is 1.49. The van der Waals surface area contributed by atoms with Crippen molar-refractivity contribution in [3.8, 4) is 0 Å². The number of carbonyl (C=O) groups is 1. The zero-order valence-electron chi connectivity index (χ0n) is 15.0. The number of fused-ring (bicyclic) bond motifs is 1. The largest absolute Gasteiger partial charge is 0.358 e. The van der Waals surface area contributed by atoms with Crippen LogP contribution in [0.2, 0.25) is 0 Å². The van der Waals surface area contributed by atoms with Gasteiger partial charge in [0.15, 0.2) is 0 Å². The van der Waals surface area contributed by atoms with Gasteiger partial charge in [0, 0.05) is 37.7 Å². The van der Waals surface area contributed by atoms with E-state index in [1.165, 1.54) is 0 Å². The number of hydrogen-bond acceptors (Lipinski definition) is 5. The molecule has 1 aliphatic carbocycles. The van der Waals surface area contributed by atoms with Gasteiger partial charge in [-0.3, -0.25) is 4.79 Å². The van der Waals surface area contributed by atoms with Gasteiger partial charge in [-0.25, -0.2) is 0 Å². The van der Waals surface area contributed by atoms with Crippen molar-refractivity contribution in [1.82, 2.24) is 10.2 Å². The van der Waals surface area contributed by atoms with E-state index >= 15 is 0 Å². The zero-order chi connectivity index (χ0) is 18.7. The topological polar surface area (TPSA) is 105 Å². The summed E-state index contributed by atoms with van der Waals surface area (Å²) in [5, 5.41) is 3.07. The van der Waals surface area contributed by atoms with Crippen LogP contribution in [0, 0.1) is 0 Å². The molecule has 3 N–H and O–H groups in total. The molecule has 3 rings (SSSR count). The van der Waals surface area contributed by atoms with Crippen LogP contribution in [0.5, 0.6) is 0 Å². The number of nitrogens with zero attached hydrogens (tertiary/aromatic N) is 2. The molecular weight excluding hydrogens is 352 g/mol. The molecule has 0 radical (unpaired) electrons. The van der Waals surface area contributed by atoms with E-state index in [2.05, 4.69) is 9.71 Å². The van der Waals surface area contributed by atoms with Crippen LogP contribution in [0.4, 0.5) is 0 Å². The van der Waals surface area contributed by atoms with Crippen LogP contribution in [0.1, 0.15) is 44.1 Å². The number of rotatable bonds is 5. The lowest BCUT2D eigenvalue weighted by Crippen LogP contribution is -2.40. The maximum atomic E-state index is 12.1. The lowest BCUT2D eigenvalue weighted by Gasteiger charge is -2.27. The standard InChI is InChI=1S/C18H26N4O3S/c1-22(18-15-5-2-3-6-16(15)26(24,25)21-18)12-4-7-17(23)20-14-10-8-13(19)9-11-14/h2-3,5-6,13-14H,4,7-12,19H2,1H3,(H,20,23). The molecule has 1 fully saturated rings. The molecule has 0 saturated heterocycles. The van der Waals surface area contributed by atoms with E-state index in [9.17, 15) is 13.2 Å². The molecule has 0 unspecified atom stereocenters. The molecule has 1 saturated carbocycles. The van der Waals surface area contributed by atoms with Gasteiger partial charge in [0.25, 0.3) is 10.0 Å². The first-order chi connectivity index (χ1) is 12.4. The number of amides is 1. The van der Waals surface area contributed by atoms with E-state index in [0.717, 1.165) is 25.7 Å².